The minimum atomic E-state index is -1.18. The maximum Gasteiger partial charge on any atom is 0.256 e. The Hall–Kier alpha value is -7.51. The Morgan fingerprint density at radius 2 is 1.56 bits per heavy atom. The van der Waals surface area contributed by atoms with E-state index in [9.17, 15) is 33.2 Å². The summed E-state index contributed by atoms with van der Waals surface area (Å²) >= 11 is 0. The number of imide groups is 1. The molecule has 5 saturated heterocycles. The van der Waals surface area contributed by atoms with Gasteiger partial charge in [0.1, 0.15) is 40.3 Å². The van der Waals surface area contributed by atoms with Crippen LogP contribution < -0.4 is 35.6 Å². The van der Waals surface area contributed by atoms with Crippen LogP contribution in [-0.2, 0) is 30.5 Å². The summed E-state index contributed by atoms with van der Waals surface area (Å²) in [5.74, 6) is 0.358. The topological polar surface area (TPSA) is 208 Å². The first-order valence-electron chi connectivity index (χ1n) is 24.7. The molecule has 4 N–H and O–H groups in total. The van der Waals surface area contributed by atoms with Crippen LogP contribution in [-0.4, -0.2) is 125 Å². The summed E-state index contributed by atoms with van der Waals surface area (Å²) in [5, 5.41) is 11.6. The lowest BCUT2D eigenvalue weighted by Crippen LogP contribution is -2.69. The molecular weight excluding hydrogens is 924 g/mol. The molecule has 7 aliphatic rings. The molecule has 3 unspecified atom stereocenters. The Balaban J connectivity index is 0.632. The molecule has 19 heteroatoms. The van der Waals surface area contributed by atoms with Gasteiger partial charge in [-0.2, -0.15) is 0 Å². The molecule has 6 fully saturated rings. The summed E-state index contributed by atoms with van der Waals surface area (Å²) in [7, 11) is 1.67. The van der Waals surface area contributed by atoms with Gasteiger partial charge in [0.15, 0.2) is 0 Å². The van der Waals surface area contributed by atoms with E-state index >= 15 is 0 Å². The van der Waals surface area contributed by atoms with Gasteiger partial charge in [0.2, 0.25) is 29.5 Å². The molecule has 12 rings (SSSR count). The van der Waals surface area contributed by atoms with Crippen molar-refractivity contribution in [1.29, 1.82) is 0 Å². The number of benzene rings is 3. The molecule has 0 radical (unpaired) electrons. The average Bonchev–Trinajstić information content (AvgIpc) is 4.14. The molecule has 8 heterocycles. The molecule has 3 atom stereocenters. The van der Waals surface area contributed by atoms with Crippen molar-refractivity contribution in [2.24, 2.45) is 11.3 Å². The lowest BCUT2D eigenvalue weighted by molar-refractivity contribution is -0.137. The van der Waals surface area contributed by atoms with Crippen LogP contribution >= 0.6 is 0 Å². The van der Waals surface area contributed by atoms with E-state index in [1.165, 1.54) is 35.4 Å². The van der Waals surface area contributed by atoms with E-state index in [1.807, 2.05) is 12.1 Å². The van der Waals surface area contributed by atoms with Gasteiger partial charge in [-0.1, -0.05) is 0 Å². The highest BCUT2D eigenvalue weighted by molar-refractivity contribution is 6.17. The van der Waals surface area contributed by atoms with Crippen LogP contribution in [0.15, 0.2) is 85.2 Å². The molecule has 2 bridgehead atoms. The Kier molecular flexibility index (Phi) is 12.5. The fourth-order valence-electron chi connectivity index (χ4n) is 11.1. The van der Waals surface area contributed by atoms with Crippen LogP contribution in [0.25, 0.3) is 10.9 Å². The van der Waals surface area contributed by atoms with E-state index in [2.05, 4.69) is 47.0 Å². The van der Waals surface area contributed by atoms with Crippen molar-refractivity contribution in [3.8, 4) is 17.2 Å². The minimum absolute atomic E-state index is 0.138. The highest BCUT2D eigenvalue weighted by atomic mass is 19.1. The number of hydrogen-bond acceptors (Lipinski definition) is 13. The predicted octanol–water partition coefficient (Wildman–Crippen LogP) is 5.69. The number of halogens is 1. The Morgan fingerprint density at radius 1 is 0.847 bits per heavy atom. The first kappa shape index (κ1) is 46.8. The summed E-state index contributed by atoms with van der Waals surface area (Å²) < 4.78 is 25.6. The number of nitrogens with zero attached hydrogens (tertiary/aromatic N) is 6. The van der Waals surface area contributed by atoms with Crippen molar-refractivity contribution in [3.63, 3.8) is 0 Å². The van der Waals surface area contributed by atoms with Gasteiger partial charge in [-0.25, -0.2) is 9.37 Å². The first-order chi connectivity index (χ1) is 34.9. The summed E-state index contributed by atoms with van der Waals surface area (Å²) in [5.41, 5.74) is 2.63. The molecule has 372 valence electrons. The van der Waals surface area contributed by atoms with E-state index < -0.39 is 35.0 Å². The van der Waals surface area contributed by atoms with Gasteiger partial charge < -0.3 is 35.2 Å². The van der Waals surface area contributed by atoms with Crippen molar-refractivity contribution in [2.45, 2.75) is 76.0 Å². The molecule has 1 aliphatic carbocycles. The molecule has 72 heavy (non-hydrogen) atoms. The number of carbonyl (C=O) groups excluding carboxylic acids is 6. The number of anilines is 4. The molecule has 18 nitrogen and oxygen atoms in total. The van der Waals surface area contributed by atoms with E-state index in [0.29, 0.717) is 83.6 Å². The molecule has 6 amide bonds. The lowest BCUT2D eigenvalue weighted by Gasteiger charge is -2.57. The van der Waals surface area contributed by atoms with E-state index in [4.69, 9.17) is 14.5 Å². The number of aromatic nitrogens is 2. The van der Waals surface area contributed by atoms with Crippen molar-refractivity contribution in [3.05, 3.63) is 102 Å². The third-order valence-electron chi connectivity index (χ3n) is 15.2. The van der Waals surface area contributed by atoms with E-state index in [0.717, 1.165) is 74.3 Å². The molecule has 2 aromatic heterocycles. The number of ether oxygens (including phenoxy) is 2. The number of nitrogens with one attached hydrogen (secondary N) is 4. The van der Waals surface area contributed by atoms with Crippen LogP contribution in [0, 0.1) is 17.2 Å². The second-order valence-corrected chi connectivity index (χ2v) is 19.8. The van der Waals surface area contributed by atoms with Crippen LogP contribution in [0.1, 0.15) is 67.3 Å². The lowest BCUT2D eigenvalue weighted by atomic mass is 9.85. The largest absolute Gasteiger partial charge is 0.495 e. The third kappa shape index (κ3) is 9.41. The first-order valence-corrected chi connectivity index (χ1v) is 24.7. The standard InChI is InChI=1S/C53H55FN10O8/c1-71-45-24-39-41(55-18-12-44(39)72-38-8-6-35(7-9-38)58-52(70)53(16-17-53)51(69)57-34-4-2-33(54)3-5-34)25-43(45)62-19-13-31(14-20-62)27-61-29-36-23-37(30-61)63(36)21-15-48(66)59-46-22-32-28-64(50(68)40(32)26-56-46)42-10-11-47(65)60-49(42)67/h2-9,12,18,22,24-26,31,36-37,42H,10-11,13-17,19-21,23,27-30H2,1H3,(H,57,69)(H,58,70)(H,56,59,66)(H,60,65,67). The van der Waals surface area contributed by atoms with Gasteiger partial charge in [0, 0.05) is 99.9 Å². The fraction of sp³-hybridized carbons (Fsp3) is 0.396. The van der Waals surface area contributed by atoms with Crippen LogP contribution in [0.5, 0.6) is 17.2 Å². The number of hydrogen-bond donors (Lipinski definition) is 4. The maximum absolute atomic E-state index is 13.3. The SMILES string of the molecule is COc1cc2c(Oc3ccc(NC(=O)C4(C(=O)Nc5ccc(F)cc5)CC4)cc3)ccnc2cc1N1CCC(CN2CC3CC(C2)N3CCC(=O)Nc2cc3c(cn2)C(=O)N(C2CCC(=O)NC2=O)C3)CC1. The van der Waals surface area contributed by atoms with Gasteiger partial charge in [-0.3, -0.25) is 48.9 Å². The van der Waals surface area contributed by atoms with Crippen molar-refractivity contribution in [1.82, 2.24) is 30.0 Å². The van der Waals surface area contributed by atoms with E-state index in [1.54, 1.807) is 43.6 Å². The number of amides is 6. The van der Waals surface area contributed by atoms with Gasteiger partial charge in [-0.05, 0) is 123 Å². The molecule has 5 aromatic rings. The van der Waals surface area contributed by atoms with Gasteiger partial charge in [0.05, 0.1) is 23.9 Å². The molecule has 0 spiro atoms. The number of fused-ring (bicyclic) bond motifs is 4. The summed E-state index contributed by atoms with van der Waals surface area (Å²) in [6.45, 7) is 5.68. The molecule has 1 saturated carbocycles. The number of piperidine rings is 3. The molecule has 3 aromatic carbocycles. The maximum atomic E-state index is 13.3. The Bertz CT molecular complexity index is 2970. The summed E-state index contributed by atoms with van der Waals surface area (Å²) in [4.78, 5) is 94.4. The zero-order chi connectivity index (χ0) is 49.7. The third-order valence-corrected chi connectivity index (χ3v) is 15.2. The minimum Gasteiger partial charge on any atom is -0.495 e. The van der Waals surface area contributed by atoms with Gasteiger partial charge in [0.25, 0.3) is 5.91 Å². The number of carbonyl (C=O) groups is 6. The normalized spacial score (nSPS) is 21.6. The van der Waals surface area contributed by atoms with Crippen molar-refractivity contribution < 1.29 is 42.6 Å². The number of methoxy groups -OCH3 is 1. The van der Waals surface area contributed by atoms with Crippen molar-refractivity contribution >= 4 is 69.2 Å². The van der Waals surface area contributed by atoms with Crippen LogP contribution in [0.2, 0.25) is 0 Å². The van der Waals surface area contributed by atoms with Gasteiger partial charge in [-0.15, -0.1) is 0 Å². The van der Waals surface area contributed by atoms with Gasteiger partial charge >= 0.3 is 0 Å². The number of pyridine rings is 2. The molecular formula is C53H55FN10O8. The molecule has 6 aliphatic heterocycles. The highest BCUT2D eigenvalue weighted by Gasteiger charge is 2.56. The predicted molar refractivity (Wildman–Crippen MR) is 264 cm³/mol. The zero-order valence-corrected chi connectivity index (χ0v) is 39.8. The fourth-order valence-corrected chi connectivity index (χ4v) is 11.1. The summed E-state index contributed by atoms with van der Waals surface area (Å²) in [6, 6.07) is 20.1. The quantitative estimate of drug-likeness (QED) is 0.0736. The highest BCUT2D eigenvalue weighted by Crippen LogP contribution is 2.48. The zero-order valence-electron chi connectivity index (χ0n) is 39.8. The monoisotopic (exact) mass is 978 g/mol. The smallest absolute Gasteiger partial charge is 0.256 e. The second kappa shape index (κ2) is 19.2. The number of piperazine rings is 1. The Labute approximate surface area is 414 Å². The van der Waals surface area contributed by atoms with Crippen LogP contribution in [0.3, 0.4) is 0 Å². The van der Waals surface area contributed by atoms with Crippen molar-refractivity contribution in [2.75, 3.05) is 67.2 Å². The van der Waals surface area contributed by atoms with Crippen LogP contribution in [0.4, 0.5) is 27.3 Å². The Morgan fingerprint density at radius 3 is 2.24 bits per heavy atom. The van der Waals surface area contributed by atoms with E-state index in [-0.39, 0.29) is 37.1 Å². The second-order valence-electron chi connectivity index (χ2n) is 19.8. The average molecular weight is 979 g/mol. The summed E-state index contributed by atoms with van der Waals surface area (Å²) in [6.07, 6.45) is 8.05. The number of rotatable bonds is 15.